The van der Waals surface area contributed by atoms with Crippen LogP contribution in [0.15, 0.2) is 29.3 Å². The van der Waals surface area contributed by atoms with E-state index in [-0.39, 0.29) is 12.0 Å². The summed E-state index contributed by atoms with van der Waals surface area (Å²) in [6.45, 7) is 5.39. The predicted octanol–water partition coefficient (Wildman–Crippen LogP) is 2.43. The van der Waals surface area contributed by atoms with Crippen LogP contribution in [0.4, 0.5) is 4.70 Å². The van der Waals surface area contributed by atoms with Gasteiger partial charge in [0.2, 0.25) is 0 Å². The van der Waals surface area contributed by atoms with Crippen molar-refractivity contribution in [3.8, 4) is 5.75 Å². The summed E-state index contributed by atoms with van der Waals surface area (Å²) in [7, 11) is 1.62. The van der Waals surface area contributed by atoms with Crippen molar-refractivity contribution in [2.75, 3.05) is 20.2 Å². The first-order valence-electron chi connectivity index (χ1n) is 6.28. The fraction of sp³-hybridized carbons (Fsp3) is 0.429. The lowest BCUT2D eigenvalue weighted by Crippen LogP contribution is -2.30. The highest BCUT2D eigenvalue weighted by Crippen LogP contribution is 2.12. The van der Waals surface area contributed by atoms with Gasteiger partial charge in [-0.2, -0.15) is 0 Å². The van der Waals surface area contributed by atoms with Crippen molar-refractivity contribution in [3.63, 3.8) is 0 Å². The van der Waals surface area contributed by atoms with Gasteiger partial charge in [0.15, 0.2) is 0 Å². The van der Waals surface area contributed by atoms with Crippen LogP contribution in [0, 0.1) is 0 Å². The van der Waals surface area contributed by atoms with Crippen LogP contribution in [-0.2, 0) is 4.79 Å². The van der Waals surface area contributed by atoms with Gasteiger partial charge in [-0.05, 0) is 30.7 Å². The molecule has 0 fully saturated rings. The molecule has 0 aromatic heterocycles. The predicted molar refractivity (Wildman–Crippen MR) is 78.0 cm³/mol. The summed E-state index contributed by atoms with van der Waals surface area (Å²) in [6.07, 6.45) is 0.894. The molecule has 4 nitrogen and oxygen atoms in total. The van der Waals surface area contributed by atoms with Crippen LogP contribution in [0.3, 0.4) is 0 Å². The molecular weight excluding hydrogens is 247 g/mol. The smallest absolute Gasteiger partial charge is 0.270 e. The molecule has 108 valence electrons. The average molecular weight is 270 g/mol. The molecule has 1 aliphatic rings. The molecule has 0 saturated heterocycles. The zero-order chi connectivity index (χ0) is 13.4. The molecule has 5 heteroatoms. The summed E-state index contributed by atoms with van der Waals surface area (Å²) in [5.74, 6) is 0.682. The molecule has 19 heavy (non-hydrogen) atoms. The van der Waals surface area contributed by atoms with Crippen molar-refractivity contribution in [3.05, 3.63) is 29.8 Å². The quantitative estimate of drug-likeness (QED) is 0.897. The molecule has 0 saturated carbocycles. The van der Waals surface area contributed by atoms with E-state index in [9.17, 15) is 4.79 Å². The Balaban J connectivity index is 0. The van der Waals surface area contributed by atoms with Gasteiger partial charge in [0.05, 0.1) is 7.11 Å². The first-order valence-corrected chi connectivity index (χ1v) is 6.28. The van der Waals surface area contributed by atoms with Crippen LogP contribution in [0.1, 0.15) is 27.3 Å². The molecule has 1 aromatic carbocycles. The molecule has 1 N–H and O–H groups in total. The number of nitrogens with zero attached hydrogens (tertiary/aromatic N) is 1. The third-order valence-electron chi connectivity index (χ3n) is 2.47. The van der Waals surface area contributed by atoms with Crippen LogP contribution < -0.4 is 10.1 Å². The standard InChI is InChI=1S/C12H14N2O2.C2H6.FH.H2/c1-16-10-5-3-9(4-6-10)11-12(15)14-8-2-7-13-11;1-2;;/h3-6H,2,7-8H2,1H3,(H,14,15);1-2H3;2*1H. The Labute approximate surface area is 114 Å². The van der Waals surface area contributed by atoms with Gasteiger partial charge in [-0.1, -0.05) is 13.8 Å². The molecule has 1 heterocycles. The minimum Gasteiger partial charge on any atom is -0.497 e. The summed E-state index contributed by atoms with van der Waals surface area (Å²) in [5.41, 5.74) is 1.35. The number of carbonyl (C=O) groups is 1. The van der Waals surface area contributed by atoms with Gasteiger partial charge in [-0.15, -0.1) is 0 Å². The molecule has 1 aromatic rings. The van der Waals surface area contributed by atoms with Gasteiger partial charge >= 0.3 is 0 Å². The minimum absolute atomic E-state index is 0. The molecule has 1 amide bonds. The van der Waals surface area contributed by atoms with Crippen molar-refractivity contribution in [1.82, 2.24) is 5.32 Å². The lowest BCUT2D eigenvalue weighted by molar-refractivity contribution is -0.114. The number of halogens is 1. The maximum absolute atomic E-state index is 11.7. The normalized spacial score (nSPS) is 13.8. The Morgan fingerprint density at radius 3 is 2.47 bits per heavy atom. The van der Waals surface area contributed by atoms with Crippen molar-refractivity contribution < 1.29 is 15.7 Å². The second kappa shape index (κ2) is 9.08. The van der Waals surface area contributed by atoms with E-state index in [0.717, 1.165) is 17.7 Å². The van der Waals surface area contributed by atoms with Crippen molar-refractivity contribution in [2.24, 2.45) is 4.99 Å². The van der Waals surface area contributed by atoms with E-state index in [1.165, 1.54) is 0 Å². The topological polar surface area (TPSA) is 50.7 Å². The molecule has 0 bridgehead atoms. The monoisotopic (exact) mass is 270 g/mol. The van der Waals surface area contributed by atoms with Crippen molar-refractivity contribution in [1.29, 1.82) is 0 Å². The van der Waals surface area contributed by atoms with E-state index in [2.05, 4.69) is 10.3 Å². The highest BCUT2D eigenvalue weighted by molar-refractivity contribution is 6.45. The van der Waals surface area contributed by atoms with Gasteiger partial charge in [0.25, 0.3) is 5.91 Å². The highest BCUT2D eigenvalue weighted by Gasteiger charge is 2.15. The molecule has 2 rings (SSSR count). The van der Waals surface area contributed by atoms with E-state index < -0.39 is 0 Å². The van der Waals surface area contributed by atoms with E-state index in [1.54, 1.807) is 7.11 Å². The number of hydrogen-bond donors (Lipinski definition) is 1. The zero-order valence-corrected chi connectivity index (χ0v) is 11.6. The molecule has 0 aliphatic carbocycles. The van der Waals surface area contributed by atoms with Gasteiger partial charge in [0.1, 0.15) is 11.5 Å². The van der Waals surface area contributed by atoms with Crippen LogP contribution in [-0.4, -0.2) is 31.8 Å². The molecule has 0 spiro atoms. The van der Waals surface area contributed by atoms with E-state index >= 15 is 0 Å². The molecular formula is C14H23FN2O2. The number of rotatable bonds is 2. The third-order valence-corrected chi connectivity index (χ3v) is 2.47. The number of hydrogen-bond acceptors (Lipinski definition) is 3. The average Bonchev–Trinajstić information content (AvgIpc) is 2.66. The summed E-state index contributed by atoms with van der Waals surface area (Å²) >= 11 is 0. The molecule has 0 atom stereocenters. The van der Waals surface area contributed by atoms with Crippen LogP contribution >= 0.6 is 0 Å². The number of methoxy groups -OCH3 is 1. The summed E-state index contributed by atoms with van der Waals surface area (Å²) in [4.78, 5) is 16.0. The fourth-order valence-electron chi connectivity index (χ4n) is 1.60. The number of carbonyl (C=O) groups excluding carboxylic acids is 1. The van der Waals surface area contributed by atoms with Crippen LogP contribution in [0.2, 0.25) is 0 Å². The fourth-order valence-corrected chi connectivity index (χ4v) is 1.60. The van der Waals surface area contributed by atoms with Gasteiger partial charge in [-0.25, -0.2) is 0 Å². The summed E-state index contributed by atoms with van der Waals surface area (Å²) < 4.78 is 5.07. The maximum Gasteiger partial charge on any atom is 0.270 e. The Morgan fingerprint density at radius 2 is 1.89 bits per heavy atom. The maximum atomic E-state index is 11.7. The minimum atomic E-state index is -0.0948. The van der Waals surface area contributed by atoms with Crippen LogP contribution in [0.25, 0.3) is 0 Å². The summed E-state index contributed by atoms with van der Waals surface area (Å²) in [5, 5.41) is 2.82. The highest BCUT2D eigenvalue weighted by atomic mass is 19.0. The van der Waals surface area contributed by atoms with Gasteiger partial charge in [-0.3, -0.25) is 14.5 Å². The number of nitrogens with one attached hydrogen (secondary N) is 1. The number of amides is 1. The van der Waals surface area contributed by atoms with Gasteiger partial charge < -0.3 is 10.1 Å². The lowest BCUT2D eigenvalue weighted by Gasteiger charge is -2.05. The van der Waals surface area contributed by atoms with E-state index in [4.69, 9.17) is 4.74 Å². The SMILES string of the molecule is CC.COc1ccc(C2=NCCCNC2=O)cc1.F.[HH]. The first-order chi connectivity index (χ1) is 8.81. The lowest BCUT2D eigenvalue weighted by atomic mass is 10.1. The number of ether oxygens (including phenoxy) is 1. The molecule has 0 unspecified atom stereocenters. The van der Waals surface area contributed by atoms with Crippen LogP contribution in [0.5, 0.6) is 5.75 Å². The molecule has 1 aliphatic heterocycles. The number of aliphatic imine (C=N–C) groups is 1. The van der Waals surface area contributed by atoms with E-state index in [1.807, 2.05) is 38.1 Å². The van der Waals surface area contributed by atoms with Crippen molar-refractivity contribution in [2.45, 2.75) is 20.3 Å². The second-order valence-electron chi connectivity index (χ2n) is 3.57. The number of benzene rings is 1. The largest absolute Gasteiger partial charge is 0.497 e. The van der Waals surface area contributed by atoms with Crippen molar-refractivity contribution >= 4 is 11.6 Å². The first kappa shape index (κ1) is 17.1. The van der Waals surface area contributed by atoms with E-state index in [0.29, 0.717) is 18.8 Å². The Morgan fingerprint density at radius 1 is 1.26 bits per heavy atom. The zero-order valence-electron chi connectivity index (χ0n) is 11.6. The second-order valence-corrected chi connectivity index (χ2v) is 3.57. The van der Waals surface area contributed by atoms with Gasteiger partial charge in [0, 0.05) is 20.1 Å². The Bertz CT molecular complexity index is 422. The third kappa shape index (κ3) is 4.69. The Kier molecular flexibility index (Phi) is 8.17. The molecule has 0 radical (unpaired) electrons. The summed E-state index contributed by atoms with van der Waals surface area (Å²) in [6, 6.07) is 7.36. The Hall–Kier alpha value is -1.91.